The molecule has 0 aliphatic carbocycles. The number of nitrogens with zero attached hydrogens (tertiary/aromatic N) is 1. The van der Waals surface area contributed by atoms with Crippen molar-refractivity contribution in [1.82, 2.24) is 15.5 Å². The van der Waals surface area contributed by atoms with Gasteiger partial charge in [-0.25, -0.2) is 4.79 Å². The number of amides is 3. The van der Waals surface area contributed by atoms with Gasteiger partial charge in [0.1, 0.15) is 23.4 Å². The molecule has 2 aromatic rings. The molecule has 220 valence electrons. The molecule has 0 aliphatic heterocycles. The van der Waals surface area contributed by atoms with Gasteiger partial charge in [-0.3, -0.25) is 9.59 Å². The third kappa shape index (κ3) is 9.28. The number of hydrogen-bond acceptors (Lipinski definition) is 5. The lowest BCUT2D eigenvalue weighted by atomic mass is 9.92. The zero-order valence-corrected chi connectivity index (χ0v) is 25.7. The SMILES string of the molecule is CCC(C)N(C(=O)C(Cc1ccc(O)cc1)NC(=O)OC(C)(C)C)C(C(=O)NC(C)(C)C)c1cccc(C)c1C. The first-order chi connectivity index (χ1) is 18.4. The van der Waals surface area contributed by atoms with E-state index in [2.05, 4.69) is 10.6 Å². The summed E-state index contributed by atoms with van der Waals surface area (Å²) in [6, 6.07) is 9.95. The number of aromatic hydroxyl groups is 1. The van der Waals surface area contributed by atoms with E-state index in [-0.39, 0.29) is 24.1 Å². The molecule has 0 radical (unpaired) electrons. The Bertz CT molecular complexity index is 1180. The van der Waals surface area contributed by atoms with Gasteiger partial charge in [0.25, 0.3) is 0 Å². The molecular formula is C32H47N3O5. The average molecular weight is 554 g/mol. The fourth-order valence-electron chi connectivity index (χ4n) is 4.42. The summed E-state index contributed by atoms with van der Waals surface area (Å²) < 4.78 is 5.49. The highest BCUT2D eigenvalue weighted by Gasteiger charge is 2.40. The molecule has 0 fully saturated rings. The lowest BCUT2D eigenvalue weighted by Gasteiger charge is -2.40. The molecule has 2 rings (SSSR count). The van der Waals surface area contributed by atoms with Crippen LogP contribution in [-0.2, 0) is 20.7 Å². The minimum Gasteiger partial charge on any atom is -0.508 e. The van der Waals surface area contributed by atoms with E-state index in [4.69, 9.17) is 4.74 Å². The fraction of sp³-hybridized carbons (Fsp3) is 0.531. The monoisotopic (exact) mass is 553 g/mol. The van der Waals surface area contributed by atoms with Crippen LogP contribution in [0.15, 0.2) is 42.5 Å². The van der Waals surface area contributed by atoms with E-state index >= 15 is 0 Å². The topological polar surface area (TPSA) is 108 Å². The first-order valence-corrected chi connectivity index (χ1v) is 13.9. The van der Waals surface area contributed by atoms with E-state index in [1.807, 2.05) is 66.7 Å². The normalized spacial score (nSPS) is 14.1. The minimum absolute atomic E-state index is 0.0989. The van der Waals surface area contributed by atoms with Crippen molar-refractivity contribution in [3.05, 3.63) is 64.7 Å². The van der Waals surface area contributed by atoms with Gasteiger partial charge in [0.2, 0.25) is 11.8 Å². The van der Waals surface area contributed by atoms with Gasteiger partial charge in [-0.2, -0.15) is 0 Å². The van der Waals surface area contributed by atoms with Crippen molar-refractivity contribution in [2.75, 3.05) is 0 Å². The molecule has 2 aromatic carbocycles. The highest BCUT2D eigenvalue weighted by atomic mass is 16.6. The lowest BCUT2D eigenvalue weighted by Crippen LogP contribution is -2.57. The number of hydrogen-bond donors (Lipinski definition) is 3. The molecule has 0 saturated carbocycles. The molecule has 0 aromatic heterocycles. The van der Waals surface area contributed by atoms with Crippen LogP contribution < -0.4 is 10.6 Å². The summed E-state index contributed by atoms with van der Waals surface area (Å²) >= 11 is 0. The Hall–Kier alpha value is -3.55. The van der Waals surface area contributed by atoms with Crippen molar-refractivity contribution >= 4 is 17.9 Å². The number of carbonyl (C=O) groups is 3. The summed E-state index contributed by atoms with van der Waals surface area (Å²) in [7, 11) is 0. The Morgan fingerprint density at radius 1 is 0.975 bits per heavy atom. The van der Waals surface area contributed by atoms with Crippen molar-refractivity contribution in [3.8, 4) is 5.75 Å². The quantitative estimate of drug-likeness (QED) is 0.368. The van der Waals surface area contributed by atoms with Crippen LogP contribution >= 0.6 is 0 Å². The first kappa shape index (κ1) is 32.7. The predicted molar refractivity (Wildman–Crippen MR) is 158 cm³/mol. The molecule has 40 heavy (non-hydrogen) atoms. The highest BCUT2D eigenvalue weighted by molar-refractivity contribution is 5.93. The molecule has 3 unspecified atom stereocenters. The average Bonchev–Trinajstić information content (AvgIpc) is 2.82. The number of rotatable bonds is 9. The first-order valence-electron chi connectivity index (χ1n) is 13.9. The minimum atomic E-state index is -1.02. The van der Waals surface area contributed by atoms with Crippen molar-refractivity contribution in [3.63, 3.8) is 0 Å². The molecule has 0 saturated heterocycles. The van der Waals surface area contributed by atoms with Crippen LogP contribution in [0, 0.1) is 13.8 Å². The maximum Gasteiger partial charge on any atom is 0.408 e. The smallest absolute Gasteiger partial charge is 0.408 e. The molecular weight excluding hydrogens is 506 g/mol. The van der Waals surface area contributed by atoms with Gasteiger partial charge in [0, 0.05) is 18.0 Å². The maximum atomic E-state index is 14.5. The number of benzene rings is 2. The number of phenols is 1. The van der Waals surface area contributed by atoms with Crippen molar-refractivity contribution in [2.45, 2.75) is 111 Å². The van der Waals surface area contributed by atoms with E-state index in [1.54, 1.807) is 37.8 Å². The molecule has 3 N–H and O–H groups in total. The predicted octanol–water partition coefficient (Wildman–Crippen LogP) is 5.73. The number of nitrogens with one attached hydrogen (secondary N) is 2. The Morgan fingerprint density at radius 2 is 1.57 bits per heavy atom. The van der Waals surface area contributed by atoms with Crippen molar-refractivity contribution < 1.29 is 24.2 Å². The van der Waals surface area contributed by atoms with Crippen molar-refractivity contribution in [1.29, 1.82) is 0 Å². The Morgan fingerprint density at radius 3 is 2.10 bits per heavy atom. The van der Waals surface area contributed by atoms with E-state index < -0.39 is 35.2 Å². The summed E-state index contributed by atoms with van der Waals surface area (Å²) in [4.78, 5) is 43.0. The largest absolute Gasteiger partial charge is 0.508 e. The third-order valence-corrected chi connectivity index (χ3v) is 6.65. The van der Waals surface area contributed by atoms with Crippen LogP contribution in [0.3, 0.4) is 0 Å². The number of carbonyl (C=O) groups excluding carboxylic acids is 3. The summed E-state index contributed by atoms with van der Waals surface area (Å²) in [6.07, 6.45) is 0.0103. The van der Waals surface area contributed by atoms with Crippen LogP contribution in [0.1, 0.15) is 90.1 Å². The van der Waals surface area contributed by atoms with Crippen LogP contribution in [0.25, 0.3) is 0 Å². The molecule has 8 heteroatoms. The number of phenolic OH excluding ortho intramolecular Hbond substituents is 1. The van der Waals surface area contributed by atoms with E-state index in [0.29, 0.717) is 6.42 Å². The highest BCUT2D eigenvalue weighted by Crippen LogP contribution is 2.31. The number of alkyl carbamates (subject to hydrolysis) is 1. The Labute approximate surface area is 239 Å². The van der Waals surface area contributed by atoms with Gasteiger partial charge in [0.05, 0.1) is 0 Å². The lowest BCUT2D eigenvalue weighted by molar-refractivity contribution is -0.145. The fourth-order valence-corrected chi connectivity index (χ4v) is 4.42. The second-order valence-electron chi connectivity index (χ2n) is 12.5. The molecule has 8 nitrogen and oxygen atoms in total. The number of aryl methyl sites for hydroxylation is 1. The Balaban J connectivity index is 2.67. The standard InChI is InChI=1S/C32H47N3O5/c1-11-21(3)35(27(28(37)34-31(5,6)7)25-14-12-13-20(2)22(25)4)29(38)26(33-30(39)40-32(8,9)10)19-23-15-17-24(36)18-16-23/h12-18,21,26-27,36H,11,19H2,1-10H3,(H,33,39)(H,34,37). The summed E-state index contributed by atoms with van der Waals surface area (Å²) in [5.74, 6) is -0.597. The Kier molecular flexibility index (Phi) is 10.8. The second kappa shape index (κ2) is 13.2. The molecule has 0 spiro atoms. The van der Waals surface area contributed by atoms with Gasteiger partial charge >= 0.3 is 6.09 Å². The van der Waals surface area contributed by atoms with Gasteiger partial charge < -0.3 is 25.4 Å². The zero-order valence-electron chi connectivity index (χ0n) is 25.7. The molecule has 3 atom stereocenters. The van der Waals surface area contributed by atoms with Gasteiger partial charge in [-0.15, -0.1) is 0 Å². The van der Waals surface area contributed by atoms with Crippen molar-refractivity contribution in [2.24, 2.45) is 0 Å². The molecule has 0 aliphatic rings. The third-order valence-electron chi connectivity index (χ3n) is 6.65. The van der Waals surface area contributed by atoms with Crippen LogP contribution in [-0.4, -0.2) is 51.1 Å². The summed E-state index contributed by atoms with van der Waals surface area (Å²) in [5, 5.41) is 15.6. The van der Waals surface area contributed by atoms with E-state index in [1.165, 1.54) is 12.1 Å². The van der Waals surface area contributed by atoms with Crippen LogP contribution in [0.4, 0.5) is 4.79 Å². The van der Waals surface area contributed by atoms with Gasteiger partial charge in [-0.05, 0) is 103 Å². The molecule has 3 amide bonds. The second-order valence-corrected chi connectivity index (χ2v) is 12.5. The summed E-state index contributed by atoms with van der Waals surface area (Å²) in [5.41, 5.74) is 2.11. The summed E-state index contributed by atoms with van der Waals surface area (Å²) in [6.45, 7) is 18.8. The zero-order chi connectivity index (χ0) is 30.4. The van der Waals surface area contributed by atoms with Crippen LogP contribution in [0.2, 0.25) is 0 Å². The van der Waals surface area contributed by atoms with Gasteiger partial charge in [-0.1, -0.05) is 37.3 Å². The van der Waals surface area contributed by atoms with E-state index in [0.717, 1.165) is 22.3 Å². The number of ether oxygens (including phenoxy) is 1. The van der Waals surface area contributed by atoms with Crippen LogP contribution in [0.5, 0.6) is 5.75 Å². The molecule has 0 heterocycles. The van der Waals surface area contributed by atoms with Gasteiger partial charge in [0.15, 0.2) is 0 Å². The van der Waals surface area contributed by atoms with E-state index in [9.17, 15) is 19.5 Å². The maximum absolute atomic E-state index is 14.5. The molecule has 0 bridgehead atoms.